The molecule has 1 heterocycles. The Bertz CT molecular complexity index is 694. The van der Waals surface area contributed by atoms with Gasteiger partial charge in [-0.3, -0.25) is 20.5 Å². The minimum Gasteiger partial charge on any atom is -0.497 e. The maximum Gasteiger partial charge on any atom is 0.258 e. The summed E-state index contributed by atoms with van der Waals surface area (Å²) in [7, 11) is 1.59. The quantitative estimate of drug-likeness (QED) is 0.453. The summed E-state index contributed by atoms with van der Waals surface area (Å²) < 4.78 is 5.10. The zero-order chi connectivity index (χ0) is 15.9. The monoisotopic (exact) mass is 296 g/mol. The lowest BCUT2D eigenvalue weighted by molar-refractivity contribution is -0.114. The number of hydrogen-bond donors (Lipinski definition) is 3. The number of aromatic nitrogens is 1. The molecule has 0 unspecified atom stereocenters. The molecule has 0 radical (unpaired) electrons. The Balaban J connectivity index is 2.40. The van der Waals surface area contributed by atoms with Crippen LogP contribution in [0.25, 0.3) is 11.6 Å². The minimum absolute atomic E-state index is 0.369. The third kappa shape index (κ3) is 3.92. The van der Waals surface area contributed by atoms with Crippen LogP contribution in [-0.4, -0.2) is 24.0 Å². The Morgan fingerprint density at radius 1 is 1.32 bits per heavy atom. The third-order valence-corrected chi connectivity index (χ3v) is 2.89. The summed E-state index contributed by atoms with van der Waals surface area (Å²) >= 11 is 0. The lowest BCUT2D eigenvalue weighted by Gasteiger charge is -2.08. The Hall–Kier alpha value is -3.15. The summed E-state index contributed by atoms with van der Waals surface area (Å²) in [6, 6.07) is 10.8. The van der Waals surface area contributed by atoms with E-state index >= 15 is 0 Å². The number of guanidine groups is 1. The fourth-order valence-electron chi connectivity index (χ4n) is 1.86. The van der Waals surface area contributed by atoms with Crippen molar-refractivity contribution >= 4 is 23.5 Å². The Labute approximate surface area is 128 Å². The normalized spacial score (nSPS) is 10.9. The van der Waals surface area contributed by atoms with Crippen LogP contribution in [0.3, 0.4) is 0 Å². The van der Waals surface area contributed by atoms with Crippen LogP contribution in [0.15, 0.2) is 48.8 Å². The smallest absolute Gasteiger partial charge is 0.258 e. The number of nitrogens with zero attached hydrogens (tertiary/aromatic N) is 1. The van der Waals surface area contributed by atoms with Gasteiger partial charge in [0.15, 0.2) is 5.96 Å². The number of methoxy groups -OCH3 is 1. The molecule has 0 saturated carbocycles. The molecule has 6 heteroatoms. The molecule has 4 N–H and O–H groups in total. The minimum atomic E-state index is -0.462. The summed E-state index contributed by atoms with van der Waals surface area (Å²) in [6.07, 6.45) is 4.90. The van der Waals surface area contributed by atoms with Gasteiger partial charge in [-0.25, -0.2) is 0 Å². The number of nitrogens with one attached hydrogen (secondary N) is 2. The Morgan fingerprint density at radius 3 is 2.59 bits per heavy atom. The highest BCUT2D eigenvalue weighted by molar-refractivity contribution is 6.27. The molecular formula is C16H16N4O2. The van der Waals surface area contributed by atoms with Crippen LogP contribution < -0.4 is 15.8 Å². The SMILES string of the molecule is COc1ccc(/C=C(/C(=O)NC(=N)N)c2cccnc2)cc1. The zero-order valence-electron chi connectivity index (χ0n) is 12.0. The number of ether oxygens (including phenoxy) is 1. The van der Waals surface area contributed by atoms with E-state index in [2.05, 4.69) is 10.3 Å². The molecule has 0 fully saturated rings. The van der Waals surface area contributed by atoms with Gasteiger partial charge in [-0.05, 0) is 29.8 Å². The number of amides is 1. The summed E-state index contributed by atoms with van der Waals surface area (Å²) in [5, 5.41) is 9.49. The number of rotatable bonds is 4. The predicted octanol–water partition coefficient (Wildman–Crippen LogP) is 1.64. The standard InChI is InChI=1S/C16H16N4O2/c1-22-13-6-4-11(5-7-13)9-14(15(21)20-16(17)18)12-3-2-8-19-10-12/h2-10H,1H3,(H4,17,18,20,21)/b14-9+. The zero-order valence-corrected chi connectivity index (χ0v) is 12.0. The van der Waals surface area contributed by atoms with Gasteiger partial charge in [0.2, 0.25) is 0 Å². The molecule has 1 aromatic carbocycles. The summed E-state index contributed by atoms with van der Waals surface area (Å²) in [6.45, 7) is 0. The summed E-state index contributed by atoms with van der Waals surface area (Å²) in [4.78, 5) is 16.2. The van der Waals surface area contributed by atoms with E-state index < -0.39 is 11.9 Å². The van der Waals surface area contributed by atoms with E-state index in [1.165, 1.54) is 0 Å². The molecule has 2 aromatic rings. The molecule has 0 aliphatic rings. The van der Waals surface area contributed by atoms with Gasteiger partial charge in [0, 0.05) is 23.5 Å². The Morgan fingerprint density at radius 2 is 2.05 bits per heavy atom. The molecular weight excluding hydrogens is 280 g/mol. The van der Waals surface area contributed by atoms with Crippen LogP contribution in [-0.2, 0) is 4.79 Å². The van der Waals surface area contributed by atoms with E-state index in [0.29, 0.717) is 11.1 Å². The molecule has 0 spiro atoms. The van der Waals surface area contributed by atoms with Gasteiger partial charge in [0.25, 0.3) is 5.91 Å². The van der Waals surface area contributed by atoms with E-state index in [1.54, 1.807) is 49.8 Å². The van der Waals surface area contributed by atoms with Crippen molar-refractivity contribution in [1.29, 1.82) is 5.41 Å². The van der Waals surface area contributed by atoms with Gasteiger partial charge in [0.1, 0.15) is 5.75 Å². The second kappa shape index (κ2) is 7.03. The number of benzene rings is 1. The predicted molar refractivity (Wildman–Crippen MR) is 85.2 cm³/mol. The van der Waals surface area contributed by atoms with Crippen molar-refractivity contribution in [2.75, 3.05) is 7.11 Å². The fraction of sp³-hybridized carbons (Fsp3) is 0.0625. The first-order chi connectivity index (χ1) is 10.6. The van der Waals surface area contributed by atoms with E-state index in [4.69, 9.17) is 15.9 Å². The molecule has 6 nitrogen and oxygen atoms in total. The molecule has 0 saturated heterocycles. The number of hydrogen-bond acceptors (Lipinski definition) is 4. The second-order valence-electron chi connectivity index (χ2n) is 4.44. The van der Waals surface area contributed by atoms with Crippen LogP contribution in [0.5, 0.6) is 5.75 Å². The highest BCUT2D eigenvalue weighted by Gasteiger charge is 2.13. The van der Waals surface area contributed by atoms with Crippen molar-refractivity contribution in [2.24, 2.45) is 5.73 Å². The van der Waals surface area contributed by atoms with Gasteiger partial charge >= 0.3 is 0 Å². The molecule has 112 valence electrons. The molecule has 0 bridgehead atoms. The molecule has 2 rings (SSSR count). The first-order valence-electron chi connectivity index (χ1n) is 6.51. The molecule has 0 aliphatic heterocycles. The largest absolute Gasteiger partial charge is 0.497 e. The van der Waals surface area contributed by atoms with Crippen LogP contribution in [0.4, 0.5) is 0 Å². The van der Waals surface area contributed by atoms with Gasteiger partial charge in [-0.2, -0.15) is 0 Å². The van der Waals surface area contributed by atoms with Gasteiger partial charge in [-0.15, -0.1) is 0 Å². The summed E-state index contributed by atoms with van der Waals surface area (Å²) in [5.74, 6) is -0.140. The average molecular weight is 296 g/mol. The lowest BCUT2D eigenvalue weighted by Crippen LogP contribution is -2.36. The number of carbonyl (C=O) groups is 1. The first-order valence-corrected chi connectivity index (χ1v) is 6.51. The van der Waals surface area contributed by atoms with Crippen LogP contribution in [0, 0.1) is 5.41 Å². The van der Waals surface area contributed by atoms with Crippen molar-refractivity contribution in [3.63, 3.8) is 0 Å². The molecule has 22 heavy (non-hydrogen) atoms. The van der Waals surface area contributed by atoms with Crippen molar-refractivity contribution < 1.29 is 9.53 Å². The van der Waals surface area contributed by atoms with Crippen molar-refractivity contribution in [3.05, 3.63) is 59.9 Å². The van der Waals surface area contributed by atoms with Crippen LogP contribution in [0.1, 0.15) is 11.1 Å². The van der Waals surface area contributed by atoms with Crippen LogP contribution >= 0.6 is 0 Å². The van der Waals surface area contributed by atoms with E-state index in [0.717, 1.165) is 11.3 Å². The third-order valence-electron chi connectivity index (χ3n) is 2.89. The number of pyridine rings is 1. The van der Waals surface area contributed by atoms with Gasteiger partial charge < -0.3 is 10.5 Å². The van der Waals surface area contributed by atoms with Gasteiger partial charge in [0.05, 0.1) is 7.11 Å². The van der Waals surface area contributed by atoms with E-state index in [9.17, 15) is 4.79 Å². The molecule has 1 amide bonds. The maximum absolute atomic E-state index is 12.2. The lowest BCUT2D eigenvalue weighted by atomic mass is 10.0. The summed E-state index contributed by atoms with van der Waals surface area (Å²) in [5.41, 5.74) is 7.06. The average Bonchev–Trinajstić information content (AvgIpc) is 2.53. The second-order valence-corrected chi connectivity index (χ2v) is 4.44. The first kappa shape index (κ1) is 15.2. The van der Waals surface area contributed by atoms with Crippen LogP contribution in [0.2, 0.25) is 0 Å². The highest BCUT2D eigenvalue weighted by atomic mass is 16.5. The van der Waals surface area contributed by atoms with E-state index in [-0.39, 0.29) is 0 Å². The number of carbonyl (C=O) groups excluding carboxylic acids is 1. The fourth-order valence-corrected chi connectivity index (χ4v) is 1.86. The number of nitrogens with two attached hydrogens (primary N) is 1. The van der Waals surface area contributed by atoms with Gasteiger partial charge in [-0.1, -0.05) is 18.2 Å². The molecule has 1 aromatic heterocycles. The topological polar surface area (TPSA) is 101 Å². The van der Waals surface area contributed by atoms with Crippen molar-refractivity contribution in [2.45, 2.75) is 0 Å². The van der Waals surface area contributed by atoms with Crippen molar-refractivity contribution in [1.82, 2.24) is 10.3 Å². The highest BCUT2D eigenvalue weighted by Crippen LogP contribution is 2.19. The maximum atomic E-state index is 12.2. The Kier molecular flexibility index (Phi) is 4.87. The molecule has 0 atom stereocenters. The molecule has 0 aliphatic carbocycles. The van der Waals surface area contributed by atoms with E-state index in [1.807, 2.05) is 12.1 Å². The van der Waals surface area contributed by atoms with Crippen molar-refractivity contribution in [3.8, 4) is 5.75 Å².